The van der Waals surface area contributed by atoms with E-state index in [1.807, 2.05) is 18.2 Å². The van der Waals surface area contributed by atoms with Crippen molar-refractivity contribution in [3.63, 3.8) is 0 Å². The Kier molecular flexibility index (Phi) is 6.15. The van der Waals surface area contributed by atoms with Crippen LogP contribution in [0, 0.1) is 24.1 Å². The number of aryl methyl sites for hydroxylation is 1. The van der Waals surface area contributed by atoms with E-state index in [1.54, 1.807) is 43.5 Å². The van der Waals surface area contributed by atoms with Gasteiger partial charge < -0.3 is 10.5 Å². The molecule has 2 N–H and O–H groups in total. The molecule has 0 fully saturated rings. The van der Waals surface area contributed by atoms with Crippen LogP contribution in [0.25, 0.3) is 22.4 Å². The van der Waals surface area contributed by atoms with Crippen molar-refractivity contribution in [2.24, 2.45) is 5.73 Å². The fourth-order valence-corrected chi connectivity index (χ4v) is 3.27. The van der Waals surface area contributed by atoms with Gasteiger partial charge in [-0.15, -0.1) is 0 Å². The first kappa shape index (κ1) is 21.1. The van der Waals surface area contributed by atoms with Crippen LogP contribution in [0.15, 0.2) is 66.9 Å². The second-order valence-corrected chi connectivity index (χ2v) is 7.15. The molecule has 0 saturated heterocycles. The highest BCUT2D eigenvalue weighted by atomic mass is 19.1. The maximum Gasteiger partial charge on any atom is 0.223 e. The topological polar surface area (TPSA) is 97.7 Å². The van der Waals surface area contributed by atoms with Gasteiger partial charge in [-0.3, -0.25) is 4.98 Å². The van der Waals surface area contributed by atoms with E-state index in [0.29, 0.717) is 41.7 Å². The number of ether oxygens (including phenoxy) is 1. The lowest BCUT2D eigenvalue weighted by Crippen LogP contribution is -2.04. The quantitative estimate of drug-likeness (QED) is 0.476. The summed E-state index contributed by atoms with van der Waals surface area (Å²) in [7, 11) is 0. The van der Waals surface area contributed by atoms with Gasteiger partial charge in [-0.25, -0.2) is 9.37 Å². The fraction of sp³-hybridized carbons (Fsp3) is 0.120. The van der Waals surface area contributed by atoms with E-state index in [4.69, 9.17) is 10.5 Å². The Bertz CT molecular complexity index is 1280. The van der Waals surface area contributed by atoms with E-state index >= 15 is 0 Å². The van der Waals surface area contributed by atoms with Crippen LogP contribution in [-0.4, -0.2) is 21.5 Å². The molecule has 0 aliphatic heterocycles. The third kappa shape index (κ3) is 4.77. The van der Waals surface area contributed by atoms with Gasteiger partial charge >= 0.3 is 0 Å². The number of nitriles is 1. The Hall–Kier alpha value is -4.15. The Balaban J connectivity index is 1.72. The Morgan fingerprint density at radius 1 is 1.00 bits per heavy atom. The molecule has 0 amide bonds. The van der Waals surface area contributed by atoms with Crippen LogP contribution in [0.5, 0.6) is 11.6 Å². The number of nitrogens with zero attached hydrogens (tertiary/aromatic N) is 4. The lowest BCUT2D eigenvalue weighted by molar-refractivity contribution is 0.461. The van der Waals surface area contributed by atoms with Crippen molar-refractivity contribution < 1.29 is 9.13 Å². The Morgan fingerprint density at radius 3 is 2.47 bits per heavy atom. The van der Waals surface area contributed by atoms with Crippen LogP contribution < -0.4 is 10.5 Å². The van der Waals surface area contributed by atoms with Gasteiger partial charge in [-0.05, 0) is 62.0 Å². The molecule has 0 saturated carbocycles. The molecule has 0 aliphatic carbocycles. The highest BCUT2D eigenvalue weighted by Crippen LogP contribution is 2.34. The van der Waals surface area contributed by atoms with Crippen LogP contribution in [0.3, 0.4) is 0 Å². The highest BCUT2D eigenvalue weighted by molar-refractivity contribution is 5.71. The van der Waals surface area contributed by atoms with Gasteiger partial charge in [0.15, 0.2) is 0 Å². The van der Waals surface area contributed by atoms with Gasteiger partial charge in [-0.1, -0.05) is 6.07 Å². The second-order valence-electron chi connectivity index (χ2n) is 7.15. The maximum absolute atomic E-state index is 13.3. The lowest BCUT2D eigenvalue weighted by atomic mass is 10.0. The van der Waals surface area contributed by atoms with E-state index in [1.165, 1.54) is 12.1 Å². The summed E-state index contributed by atoms with van der Waals surface area (Å²) < 4.78 is 19.4. The summed E-state index contributed by atoms with van der Waals surface area (Å²) in [6.07, 6.45) is 2.46. The van der Waals surface area contributed by atoms with E-state index in [2.05, 4.69) is 21.0 Å². The third-order valence-electron chi connectivity index (χ3n) is 4.82. The summed E-state index contributed by atoms with van der Waals surface area (Å²) in [6, 6.07) is 19.0. The third-order valence-corrected chi connectivity index (χ3v) is 4.82. The number of pyridine rings is 1. The minimum atomic E-state index is -0.319. The van der Waals surface area contributed by atoms with Gasteiger partial charge in [0.05, 0.1) is 17.3 Å². The number of aromatic nitrogens is 3. The van der Waals surface area contributed by atoms with Crippen molar-refractivity contribution >= 4 is 0 Å². The SMILES string of the molecule is Cc1nc(Oc2cc(C#N)ccc2-c2ccc(CCN)nc2)cc(-c2ccc(F)cc2)n1. The first-order chi connectivity index (χ1) is 15.6. The number of nitrogens with two attached hydrogens (primary N) is 1. The molecule has 2 aromatic heterocycles. The minimum Gasteiger partial charge on any atom is -0.438 e. The average Bonchev–Trinajstić information content (AvgIpc) is 2.80. The van der Waals surface area contributed by atoms with Crippen molar-refractivity contribution in [2.75, 3.05) is 6.54 Å². The molecule has 6 nitrogen and oxygen atoms in total. The zero-order valence-electron chi connectivity index (χ0n) is 17.4. The molecule has 158 valence electrons. The fourth-order valence-electron chi connectivity index (χ4n) is 3.27. The van der Waals surface area contributed by atoms with Crippen LogP contribution in [0.1, 0.15) is 17.1 Å². The van der Waals surface area contributed by atoms with Crippen molar-refractivity contribution in [3.8, 4) is 40.1 Å². The van der Waals surface area contributed by atoms with Crippen molar-refractivity contribution in [1.29, 1.82) is 5.26 Å². The number of hydrogen-bond donors (Lipinski definition) is 1. The zero-order valence-corrected chi connectivity index (χ0v) is 17.4. The summed E-state index contributed by atoms with van der Waals surface area (Å²) in [4.78, 5) is 13.3. The van der Waals surface area contributed by atoms with E-state index in [-0.39, 0.29) is 5.82 Å². The minimum absolute atomic E-state index is 0.319. The smallest absolute Gasteiger partial charge is 0.223 e. The van der Waals surface area contributed by atoms with Crippen LogP contribution in [0.2, 0.25) is 0 Å². The van der Waals surface area contributed by atoms with E-state index in [0.717, 1.165) is 22.4 Å². The molecule has 0 aliphatic rings. The molecule has 4 aromatic rings. The molecule has 0 spiro atoms. The van der Waals surface area contributed by atoms with Gasteiger partial charge in [0.2, 0.25) is 5.88 Å². The van der Waals surface area contributed by atoms with Gasteiger partial charge in [0.1, 0.15) is 17.4 Å². The molecule has 32 heavy (non-hydrogen) atoms. The molecule has 7 heteroatoms. The van der Waals surface area contributed by atoms with Crippen molar-refractivity contribution in [3.05, 3.63) is 89.8 Å². The summed E-state index contributed by atoms with van der Waals surface area (Å²) in [5, 5.41) is 9.36. The standard InChI is InChI=1S/C25H20FN5O/c1-16-30-23(18-3-6-20(26)7-4-18)13-25(31-16)32-24-12-17(14-28)2-9-22(24)19-5-8-21(10-11-27)29-15-19/h2-9,12-13,15H,10-11,27H2,1H3. The maximum atomic E-state index is 13.3. The van der Waals surface area contributed by atoms with Crippen LogP contribution in [0.4, 0.5) is 4.39 Å². The Morgan fingerprint density at radius 2 is 1.78 bits per heavy atom. The molecule has 0 atom stereocenters. The predicted molar refractivity (Wildman–Crippen MR) is 119 cm³/mol. The van der Waals surface area contributed by atoms with Crippen molar-refractivity contribution in [2.45, 2.75) is 13.3 Å². The lowest BCUT2D eigenvalue weighted by Gasteiger charge is -2.13. The second kappa shape index (κ2) is 9.33. The molecule has 2 aromatic carbocycles. The largest absolute Gasteiger partial charge is 0.438 e. The zero-order chi connectivity index (χ0) is 22.5. The molecule has 2 heterocycles. The van der Waals surface area contributed by atoms with Gasteiger partial charge in [-0.2, -0.15) is 10.2 Å². The summed E-state index contributed by atoms with van der Waals surface area (Å²) >= 11 is 0. The van der Waals surface area contributed by atoms with Crippen molar-refractivity contribution in [1.82, 2.24) is 15.0 Å². The predicted octanol–water partition coefficient (Wildman–Crippen LogP) is 4.82. The molecular weight excluding hydrogens is 405 g/mol. The van der Waals surface area contributed by atoms with E-state index < -0.39 is 0 Å². The number of hydrogen-bond acceptors (Lipinski definition) is 6. The summed E-state index contributed by atoms with van der Waals surface area (Å²) in [5.74, 6) is 0.981. The van der Waals surface area contributed by atoms with Crippen LogP contribution in [-0.2, 0) is 6.42 Å². The Labute approximate surface area is 185 Å². The molecule has 0 bridgehead atoms. The highest BCUT2D eigenvalue weighted by Gasteiger charge is 2.13. The van der Waals surface area contributed by atoms with Gasteiger partial charge in [0.25, 0.3) is 0 Å². The first-order valence-electron chi connectivity index (χ1n) is 10.0. The van der Waals surface area contributed by atoms with Crippen LogP contribution >= 0.6 is 0 Å². The molecule has 0 unspecified atom stereocenters. The summed E-state index contributed by atoms with van der Waals surface area (Å²) in [6.45, 7) is 2.29. The monoisotopic (exact) mass is 425 g/mol. The molecular formula is C25H20FN5O. The number of halogens is 1. The summed E-state index contributed by atoms with van der Waals surface area (Å²) in [5.41, 5.74) is 9.94. The number of benzene rings is 2. The number of rotatable bonds is 6. The van der Waals surface area contributed by atoms with E-state index in [9.17, 15) is 9.65 Å². The average molecular weight is 425 g/mol. The molecule has 4 rings (SSSR count). The first-order valence-corrected chi connectivity index (χ1v) is 10.0. The van der Waals surface area contributed by atoms with Gasteiger partial charge in [0, 0.05) is 41.1 Å². The molecule has 0 radical (unpaired) electrons. The normalized spacial score (nSPS) is 10.6.